The standard InChI is InChI=1S/C24H29F2N3O2/c1-2-22(24-11-15-7-16(12-24)9-17(8-15)13-24)27-23(30)20-5-6-29(28-20)14-31-21-4-3-18(25)10-19(21)26/h3-6,10,15-17,22H,2,7-9,11-14H2,1H3,(H,27,30). The van der Waals surface area contributed by atoms with Gasteiger partial charge in [0.25, 0.3) is 5.91 Å². The molecule has 5 nitrogen and oxygen atoms in total. The van der Waals surface area contributed by atoms with E-state index in [2.05, 4.69) is 17.3 Å². The molecule has 1 atom stereocenters. The Labute approximate surface area is 181 Å². The van der Waals surface area contributed by atoms with Crippen molar-refractivity contribution in [2.45, 2.75) is 64.6 Å². The van der Waals surface area contributed by atoms with Gasteiger partial charge in [0.05, 0.1) is 0 Å². The largest absolute Gasteiger partial charge is 0.468 e. The SMILES string of the molecule is CCC(NC(=O)c1ccn(COc2ccc(F)cc2F)n1)C12CC3CC(CC(C3)C1)C2. The van der Waals surface area contributed by atoms with Crippen LogP contribution in [0.25, 0.3) is 0 Å². The molecule has 0 aliphatic heterocycles. The fourth-order valence-corrected chi connectivity index (χ4v) is 6.81. The van der Waals surface area contributed by atoms with Crippen LogP contribution in [0.1, 0.15) is 62.4 Å². The molecule has 31 heavy (non-hydrogen) atoms. The molecule has 1 aromatic carbocycles. The third kappa shape index (κ3) is 3.94. The number of aromatic nitrogens is 2. The summed E-state index contributed by atoms with van der Waals surface area (Å²) >= 11 is 0. The quantitative estimate of drug-likeness (QED) is 0.680. The first kappa shape index (κ1) is 20.5. The van der Waals surface area contributed by atoms with E-state index in [1.165, 1.54) is 49.3 Å². The van der Waals surface area contributed by atoms with Crippen LogP contribution >= 0.6 is 0 Å². The molecule has 1 amide bonds. The smallest absolute Gasteiger partial charge is 0.272 e. The monoisotopic (exact) mass is 429 g/mol. The van der Waals surface area contributed by atoms with Crippen molar-refractivity contribution >= 4 is 5.91 Å². The van der Waals surface area contributed by atoms with Crippen LogP contribution in [-0.4, -0.2) is 21.7 Å². The Morgan fingerprint density at radius 1 is 1.19 bits per heavy atom. The summed E-state index contributed by atoms with van der Waals surface area (Å²) in [6.45, 7) is 2.09. The van der Waals surface area contributed by atoms with Gasteiger partial charge in [0, 0.05) is 18.3 Å². The molecule has 166 valence electrons. The summed E-state index contributed by atoms with van der Waals surface area (Å²) in [5.74, 6) is 0.838. The van der Waals surface area contributed by atoms with Crippen molar-refractivity contribution < 1.29 is 18.3 Å². The number of nitrogens with one attached hydrogen (secondary N) is 1. The second-order valence-corrected chi connectivity index (χ2v) is 9.80. The number of nitrogens with zero attached hydrogens (tertiary/aromatic N) is 2. The zero-order valence-electron chi connectivity index (χ0n) is 17.8. The second kappa shape index (κ2) is 7.92. The molecular weight excluding hydrogens is 400 g/mol. The van der Waals surface area contributed by atoms with E-state index >= 15 is 0 Å². The van der Waals surface area contributed by atoms with Gasteiger partial charge in [-0.25, -0.2) is 13.5 Å². The highest BCUT2D eigenvalue weighted by Gasteiger charge is 2.54. The Morgan fingerprint density at radius 3 is 2.48 bits per heavy atom. The first-order valence-electron chi connectivity index (χ1n) is 11.4. The van der Waals surface area contributed by atoms with Crippen LogP contribution in [0.5, 0.6) is 5.75 Å². The van der Waals surface area contributed by atoms with Crippen molar-refractivity contribution in [1.29, 1.82) is 0 Å². The number of ether oxygens (including phenoxy) is 1. The molecule has 1 unspecified atom stereocenters. The highest BCUT2D eigenvalue weighted by Crippen LogP contribution is 2.61. The van der Waals surface area contributed by atoms with Crippen LogP contribution in [0.3, 0.4) is 0 Å². The zero-order valence-corrected chi connectivity index (χ0v) is 17.8. The molecule has 1 heterocycles. The first-order chi connectivity index (χ1) is 14.9. The topological polar surface area (TPSA) is 56.2 Å². The van der Waals surface area contributed by atoms with E-state index in [-0.39, 0.29) is 29.8 Å². The lowest BCUT2D eigenvalue weighted by molar-refractivity contribution is -0.0727. The average molecular weight is 430 g/mol. The predicted octanol–water partition coefficient (Wildman–Crippen LogP) is 4.92. The third-order valence-corrected chi connectivity index (χ3v) is 7.66. The molecule has 4 aliphatic carbocycles. The lowest BCUT2D eigenvalue weighted by atomic mass is 9.47. The summed E-state index contributed by atoms with van der Waals surface area (Å²) in [5, 5.41) is 7.57. The van der Waals surface area contributed by atoms with E-state index in [4.69, 9.17) is 4.74 Å². The number of hydrogen-bond acceptors (Lipinski definition) is 3. The average Bonchev–Trinajstić information content (AvgIpc) is 3.19. The van der Waals surface area contributed by atoms with Gasteiger partial charge in [-0.15, -0.1) is 0 Å². The van der Waals surface area contributed by atoms with Gasteiger partial charge in [0.15, 0.2) is 18.3 Å². The van der Waals surface area contributed by atoms with E-state index in [1.807, 2.05) is 0 Å². The van der Waals surface area contributed by atoms with Crippen molar-refractivity contribution in [1.82, 2.24) is 15.1 Å². The fraction of sp³-hybridized carbons (Fsp3) is 0.583. The number of rotatable bonds is 7. The molecular formula is C24H29F2N3O2. The van der Waals surface area contributed by atoms with Crippen LogP contribution in [0.4, 0.5) is 8.78 Å². The maximum atomic E-state index is 13.7. The van der Waals surface area contributed by atoms with E-state index in [9.17, 15) is 13.6 Å². The van der Waals surface area contributed by atoms with Crippen molar-refractivity contribution in [3.05, 3.63) is 47.8 Å². The van der Waals surface area contributed by atoms with Crippen LogP contribution in [0.2, 0.25) is 0 Å². The molecule has 0 radical (unpaired) electrons. The minimum absolute atomic E-state index is 0.0595. The van der Waals surface area contributed by atoms with E-state index in [1.54, 1.807) is 12.3 Å². The van der Waals surface area contributed by atoms with Gasteiger partial charge in [-0.05, 0) is 86.3 Å². The Bertz CT molecular complexity index is 938. The zero-order chi connectivity index (χ0) is 21.6. The molecule has 4 fully saturated rings. The number of benzene rings is 1. The predicted molar refractivity (Wildman–Crippen MR) is 111 cm³/mol. The number of halogens is 2. The lowest BCUT2D eigenvalue weighted by Gasteiger charge is -2.59. The van der Waals surface area contributed by atoms with Crippen LogP contribution in [0.15, 0.2) is 30.5 Å². The highest BCUT2D eigenvalue weighted by molar-refractivity contribution is 5.92. The number of carbonyl (C=O) groups is 1. The van der Waals surface area contributed by atoms with Crippen LogP contribution < -0.4 is 10.1 Å². The number of hydrogen-bond donors (Lipinski definition) is 1. The van der Waals surface area contributed by atoms with Crippen molar-refractivity contribution in [3.8, 4) is 5.75 Å². The van der Waals surface area contributed by atoms with Gasteiger partial charge >= 0.3 is 0 Å². The van der Waals surface area contributed by atoms with E-state index in [0.29, 0.717) is 5.69 Å². The fourth-order valence-electron chi connectivity index (χ4n) is 6.81. The molecule has 1 N–H and O–H groups in total. The third-order valence-electron chi connectivity index (χ3n) is 7.66. The summed E-state index contributed by atoms with van der Waals surface area (Å²) < 4.78 is 33.5. The van der Waals surface area contributed by atoms with E-state index < -0.39 is 11.6 Å². The highest BCUT2D eigenvalue weighted by atomic mass is 19.1. The van der Waals surface area contributed by atoms with Gasteiger partial charge in [-0.2, -0.15) is 5.10 Å². The Morgan fingerprint density at radius 2 is 1.87 bits per heavy atom. The first-order valence-corrected chi connectivity index (χ1v) is 11.4. The van der Waals surface area contributed by atoms with Crippen LogP contribution in [0, 0.1) is 34.8 Å². The van der Waals surface area contributed by atoms with E-state index in [0.717, 1.165) is 36.3 Å². The normalized spacial score (nSPS) is 29.7. The molecule has 0 spiro atoms. The summed E-state index contributed by atoms with van der Waals surface area (Å²) in [5.41, 5.74) is 0.566. The summed E-state index contributed by atoms with van der Waals surface area (Å²) in [4.78, 5) is 13.0. The molecule has 7 heteroatoms. The Hall–Kier alpha value is -2.44. The summed E-state index contributed by atoms with van der Waals surface area (Å²) in [7, 11) is 0. The van der Waals surface area contributed by atoms with Crippen molar-refractivity contribution in [3.63, 3.8) is 0 Å². The summed E-state index contributed by atoms with van der Waals surface area (Å²) in [6, 6.07) is 4.95. The van der Waals surface area contributed by atoms with Gasteiger partial charge < -0.3 is 10.1 Å². The Kier molecular flexibility index (Phi) is 5.22. The molecule has 0 saturated heterocycles. The lowest BCUT2D eigenvalue weighted by Crippen LogP contribution is -2.56. The van der Waals surface area contributed by atoms with Crippen molar-refractivity contribution in [2.24, 2.45) is 23.2 Å². The molecule has 6 rings (SSSR count). The summed E-state index contributed by atoms with van der Waals surface area (Å²) in [6.07, 6.45) is 10.4. The molecule has 4 aliphatic rings. The maximum Gasteiger partial charge on any atom is 0.272 e. The molecule has 2 aromatic rings. The molecule has 4 saturated carbocycles. The number of amides is 1. The minimum Gasteiger partial charge on any atom is -0.468 e. The number of carbonyl (C=O) groups excluding carboxylic acids is 1. The van der Waals surface area contributed by atoms with Gasteiger partial charge in [0.2, 0.25) is 0 Å². The minimum atomic E-state index is -0.772. The van der Waals surface area contributed by atoms with Gasteiger partial charge in [0.1, 0.15) is 11.5 Å². The van der Waals surface area contributed by atoms with Gasteiger partial charge in [-0.1, -0.05) is 6.92 Å². The molecule has 4 bridgehead atoms. The Balaban J connectivity index is 1.23. The maximum absolute atomic E-state index is 13.7. The molecule has 1 aromatic heterocycles. The van der Waals surface area contributed by atoms with Gasteiger partial charge in [-0.3, -0.25) is 4.79 Å². The second-order valence-electron chi connectivity index (χ2n) is 9.80. The van der Waals surface area contributed by atoms with Crippen molar-refractivity contribution in [2.75, 3.05) is 0 Å². The van der Waals surface area contributed by atoms with Crippen LogP contribution in [-0.2, 0) is 6.73 Å².